The summed E-state index contributed by atoms with van der Waals surface area (Å²) in [4.78, 5) is 25.9. The molecule has 10 nitrogen and oxygen atoms in total. The first-order chi connectivity index (χ1) is 25.9. The molecule has 0 heterocycles. The molecule has 4 aliphatic carbocycles. The van der Waals surface area contributed by atoms with Crippen molar-refractivity contribution >= 4 is 35.8 Å². The molecule has 4 saturated carbocycles. The molecule has 0 aromatic heterocycles. The van der Waals surface area contributed by atoms with E-state index in [2.05, 4.69) is 48.0 Å². The van der Waals surface area contributed by atoms with Crippen molar-refractivity contribution in [3.63, 3.8) is 0 Å². The molecule has 2 amide bonds. The van der Waals surface area contributed by atoms with Crippen molar-refractivity contribution in [2.45, 2.75) is 129 Å². The van der Waals surface area contributed by atoms with E-state index < -0.39 is 13.2 Å². The quantitative estimate of drug-likeness (QED) is 0.0697. The smallest absolute Gasteiger partial charge is 0.423 e. The molecule has 54 heavy (non-hydrogen) atoms. The van der Waals surface area contributed by atoms with Gasteiger partial charge in [0.05, 0.1) is 6.10 Å². The van der Waals surface area contributed by atoms with Crippen LogP contribution in [0.3, 0.4) is 0 Å². The Balaban J connectivity index is 0.872. The van der Waals surface area contributed by atoms with Gasteiger partial charge in [0, 0.05) is 30.9 Å². The largest absolute Gasteiger partial charge is 0.488 e. The Kier molecular flexibility index (Phi) is 13.5. The van der Waals surface area contributed by atoms with E-state index >= 15 is 0 Å². The molecule has 4 fully saturated rings. The van der Waals surface area contributed by atoms with Crippen molar-refractivity contribution in [2.75, 3.05) is 17.2 Å². The lowest BCUT2D eigenvalue weighted by Crippen LogP contribution is -2.70. The summed E-state index contributed by atoms with van der Waals surface area (Å²) in [6.07, 6.45) is 14.8. The van der Waals surface area contributed by atoms with Gasteiger partial charge in [-0.25, -0.2) is 0 Å². The number of quaternary nitrogens is 1. The van der Waals surface area contributed by atoms with Crippen LogP contribution in [0, 0.1) is 46.3 Å². The molecule has 0 radical (unpaired) electrons. The van der Waals surface area contributed by atoms with E-state index in [0.717, 1.165) is 61.1 Å². The van der Waals surface area contributed by atoms with Gasteiger partial charge in [0.25, 0.3) is 0 Å². The highest BCUT2D eigenvalue weighted by atomic mass is 16.4. The van der Waals surface area contributed by atoms with E-state index in [0.29, 0.717) is 65.7 Å². The summed E-state index contributed by atoms with van der Waals surface area (Å²) in [6.45, 7) is 8.61. The average molecular weight is 745 g/mol. The number of aliphatic hydroxyl groups excluding tert-OH is 1. The van der Waals surface area contributed by atoms with Crippen LogP contribution in [0.2, 0.25) is 0 Å². The first-order valence-corrected chi connectivity index (χ1v) is 21.0. The van der Waals surface area contributed by atoms with Crippen LogP contribution in [0.4, 0.5) is 11.4 Å². The molecule has 10 atom stereocenters. The van der Waals surface area contributed by atoms with E-state index in [1.54, 1.807) is 12.1 Å². The van der Waals surface area contributed by atoms with Gasteiger partial charge < -0.3 is 31.1 Å². The summed E-state index contributed by atoms with van der Waals surface area (Å²) in [5.41, 5.74) is 6.47. The van der Waals surface area contributed by atoms with Crippen LogP contribution in [0.15, 0.2) is 48.5 Å². The normalized spacial score (nSPS) is 31.3. The molecule has 2 aromatic rings. The molecule has 0 saturated heterocycles. The Morgan fingerprint density at radius 2 is 1.61 bits per heavy atom. The molecule has 0 aliphatic heterocycles. The van der Waals surface area contributed by atoms with E-state index in [9.17, 15) is 24.7 Å². The Bertz CT molecular complexity index is 1560. The summed E-state index contributed by atoms with van der Waals surface area (Å²) in [5, 5.41) is 39.0. The number of nitrogens with one attached hydrogen (secondary N) is 4. The maximum atomic E-state index is 13.0. The minimum Gasteiger partial charge on any atom is -0.423 e. The predicted molar refractivity (Wildman–Crippen MR) is 215 cm³/mol. The van der Waals surface area contributed by atoms with Crippen LogP contribution < -0.4 is 32.7 Å². The zero-order valence-corrected chi connectivity index (χ0v) is 33.0. The number of hydrogen-bond acceptors (Lipinski definition) is 7. The molecule has 6 rings (SSSR count). The van der Waals surface area contributed by atoms with Gasteiger partial charge in [-0.1, -0.05) is 45.0 Å². The Hall–Kier alpha value is -2.96. The van der Waals surface area contributed by atoms with Crippen molar-refractivity contribution in [3.8, 4) is 0 Å². The second kappa shape index (κ2) is 17.9. The number of aliphatic hydroxyl groups is 1. The summed E-state index contributed by atoms with van der Waals surface area (Å²) < 4.78 is 0. The fourth-order valence-corrected chi connectivity index (χ4v) is 11.9. The molecule has 2 aromatic carbocycles. The van der Waals surface area contributed by atoms with Crippen LogP contribution in [0.5, 0.6) is 0 Å². The number of amides is 2. The number of benzene rings is 2. The molecule has 0 bridgehead atoms. The topological polar surface area (TPSA) is 171 Å². The maximum Gasteiger partial charge on any atom is 0.488 e. The lowest BCUT2D eigenvalue weighted by molar-refractivity contribution is -0.448. The van der Waals surface area contributed by atoms with Gasteiger partial charge in [-0.3, -0.25) is 15.4 Å². The summed E-state index contributed by atoms with van der Waals surface area (Å²) in [5.74, 6) is 8.17. The lowest BCUT2D eigenvalue weighted by atomic mass is 9.44. The van der Waals surface area contributed by atoms with Gasteiger partial charge in [0.15, 0.2) is 0 Å². The molecule has 10 N–H and O–H groups in total. The lowest BCUT2D eigenvalue weighted by Gasteiger charge is -2.61. The number of unbranched alkanes of at least 4 members (excludes halogenated alkanes) is 1. The average Bonchev–Trinajstić information content (AvgIpc) is 3.52. The molecular formula is C43H67BN5O5+. The van der Waals surface area contributed by atoms with Gasteiger partial charge in [0.1, 0.15) is 6.04 Å². The van der Waals surface area contributed by atoms with Crippen molar-refractivity contribution in [1.82, 2.24) is 10.7 Å². The summed E-state index contributed by atoms with van der Waals surface area (Å²) in [7, 11) is -1.53. The third-order valence-corrected chi connectivity index (χ3v) is 15.0. The van der Waals surface area contributed by atoms with Crippen LogP contribution >= 0.6 is 0 Å². The third-order valence-electron chi connectivity index (χ3n) is 15.0. The second-order valence-electron chi connectivity index (χ2n) is 17.9. The van der Waals surface area contributed by atoms with E-state index in [4.69, 9.17) is 0 Å². The molecule has 296 valence electrons. The highest BCUT2D eigenvalue weighted by Gasteiger charge is 2.60. The van der Waals surface area contributed by atoms with Crippen molar-refractivity contribution < 1.29 is 30.6 Å². The fraction of sp³-hybridized carbons (Fsp3) is 0.674. The van der Waals surface area contributed by atoms with Gasteiger partial charge in [-0.05, 0) is 165 Å². The standard InChI is InChI=1S/C43H66BN5O5/c1-28(35-18-19-36-34-17-12-30-26-33(50)21-23-42(30,2)37(34)22-24-43(35,36)3)11-20-40(51)46-25-7-6-10-39(49-45)41(52)48-32-15-13-31(14-16-32)47-27-29-8-4-5-9-38(29)44(53)54/h4-5,8-9,13-16,28,30,33-37,39,47,49-50,53-54H,6-7,10-12,17-27,45H2,1-3H3,(H,46,51)(H,48,52)/p+1/t28?,30-,33-,34?,35?,36?,37?,39?,42+,43-/m0/s1. The monoisotopic (exact) mass is 745 g/mol. The Morgan fingerprint density at radius 1 is 0.889 bits per heavy atom. The molecule has 4 aliphatic rings. The Morgan fingerprint density at radius 3 is 2.37 bits per heavy atom. The number of hydrogen-bond donors (Lipinski definition) is 8. The number of rotatable bonds is 16. The second-order valence-corrected chi connectivity index (χ2v) is 17.9. The predicted octanol–water partition coefficient (Wildman–Crippen LogP) is 4.75. The van der Waals surface area contributed by atoms with Crippen LogP contribution in [-0.4, -0.2) is 52.8 Å². The van der Waals surface area contributed by atoms with Crippen molar-refractivity contribution in [1.29, 1.82) is 0 Å². The van der Waals surface area contributed by atoms with E-state index in [1.807, 2.05) is 36.4 Å². The molecule has 11 heteroatoms. The highest BCUT2D eigenvalue weighted by Crippen LogP contribution is 2.68. The van der Waals surface area contributed by atoms with Crippen molar-refractivity contribution in [3.05, 3.63) is 54.1 Å². The number of carbonyl (C=O) groups is 2. The van der Waals surface area contributed by atoms with Gasteiger partial charge in [-0.15, -0.1) is 0 Å². The van der Waals surface area contributed by atoms with Crippen LogP contribution in [0.1, 0.15) is 116 Å². The summed E-state index contributed by atoms with van der Waals surface area (Å²) in [6, 6.07) is 14.1. The summed E-state index contributed by atoms with van der Waals surface area (Å²) >= 11 is 0. The minimum atomic E-state index is -1.53. The van der Waals surface area contributed by atoms with Crippen molar-refractivity contribution in [2.24, 2.45) is 46.3 Å². The third kappa shape index (κ3) is 9.02. The van der Waals surface area contributed by atoms with Crippen LogP contribution in [0.25, 0.3) is 0 Å². The molecule has 6 unspecified atom stereocenters. The minimum absolute atomic E-state index is 0.0852. The number of anilines is 2. The first kappa shape index (κ1) is 40.7. The number of carbonyl (C=O) groups excluding carboxylic acids is 2. The zero-order chi connectivity index (χ0) is 38.5. The number of fused-ring (bicyclic) bond motifs is 5. The highest BCUT2D eigenvalue weighted by molar-refractivity contribution is 6.59. The van der Waals surface area contributed by atoms with Crippen LogP contribution in [-0.2, 0) is 16.1 Å². The zero-order valence-electron chi connectivity index (χ0n) is 33.0. The SMILES string of the molecule is CC(CCC(=O)NCCCCC(N[NH3+])C(=O)Nc1ccc(NCc2ccccc2B(O)O)cc1)C1CCC2C3CC[C@H]4C[C@@H](O)CC[C@@]4(C)C3CC[C@@]12C. The Labute approximate surface area is 323 Å². The van der Waals surface area contributed by atoms with Gasteiger partial charge >= 0.3 is 7.12 Å². The maximum absolute atomic E-state index is 13.0. The fourth-order valence-electron chi connectivity index (χ4n) is 11.9. The van der Waals surface area contributed by atoms with Gasteiger partial charge in [0.2, 0.25) is 11.8 Å². The molecule has 0 spiro atoms. The van der Waals surface area contributed by atoms with E-state index in [1.165, 1.54) is 44.9 Å². The van der Waals surface area contributed by atoms with Gasteiger partial charge in [-0.2, -0.15) is 5.43 Å². The first-order valence-electron chi connectivity index (χ1n) is 21.0. The van der Waals surface area contributed by atoms with E-state index in [-0.39, 0.29) is 17.9 Å². The molecular weight excluding hydrogens is 677 g/mol.